The summed E-state index contributed by atoms with van der Waals surface area (Å²) in [6, 6.07) is 6.92. The van der Waals surface area contributed by atoms with Gasteiger partial charge in [-0.1, -0.05) is 37.1 Å². The molecule has 2 nitrogen and oxygen atoms in total. The molecule has 1 aromatic carbocycles. The molecule has 18 heavy (non-hydrogen) atoms. The largest absolute Gasteiger partial charge is 0.377 e. The Bertz CT molecular complexity index is 356. The van der Waals surface area contributed by atoms with E-state index < -0.39 is 0 Å². The van der Waals surface area contributed by atoms with E-state index in [0.29, 0.717) is 0 Å². The number of aryl methyl sites for hydroxylation is 2. The van der Waals surface area contributed by atoms with Crippen LogP contribution in [0.2, 0.25) is 0 Å². The maximum absolute atomic E-state index is 5.92. The van der Waals surface area contributed by atoms with Crippen molar-refractivity contribution in [2.75, 3.05) is 13.7 Å². The Morgan fingerprint density at radius 2 is 1.94 bits per heavy atom. The Morgan fingerprint density at radius 1 is 1.22 bits per heavy atom. The summed E-state index contributed by atoms with van der Waals surface area (Å²) >= 11 is 0. The van der Waals surface area contributed by atoms with E-state index in [0.717, 1.165) is 19.4 Å². The summed E-state index contributed by atoms with van der Waals surface area (Å²) in [6.45, 7) is 9.37. The second-order valence-electron chi connectivity index (χ2n) is 4.91. The lowest BCUT2D eigenvalue weighted by molar-refractivity contribution is 0.0294. The molecule has 0 saturated carbocycles. The van der Waals surface area contributed by atoms with Gasteiger partial charge in [0.2, 0.25) is 0 Å². The van der Waals surface area contributed by atoms with E-state index in [2.05, 4.69) is 51.2 Å². The van der Waals surface area contributed by atoms with E-state index >= 15 is 0 Å². The first-order valence-corrected chi connectivity index (χ1v) is 7.00. The van der Waals surface area contributed by atoms with Crippen molar-refractivity contribution in [3.05, 3.63) is 34.9 Å². The topological polar surface area (TPSA) is 21.3 Å². The van der Waals surface area contributed by atoms with Gasteiger partial charge >= 0.3 is 0 Å². The first kappa shape index (κ1) is 15.2. The molecule has 0 amide bonds. The predicted molar refractivity (Wildman–Crippen MR) is 78.0 cm³/mol. The zero-order valence-corrected chi connectivity index (χ0v) is 12.4. The van der Waals surface area contributed by atoms with E-state index in [1.165, 1.54) is 16.7 Å². The van der Waals surface area contributed by atoms with Crippen LogP contribution >= 0.6 is 0 Å². The molecule has 0 aliphatic rings. The van der Waals surface area contributed by atoms with Gasteiger partial charge in [0.1, 0.15) is 0 Å². The van der Waals surface area contributed by atoms with Crippen LogP contribution in [0.5, 0.6) is 0 Å². The van der Waals surface area contributed by atoms with Gasteiger partial charge in [0.25, 0.3) is 0 Å². The van der Waals surface area contributed by atoms with Gasteiger partial charge in [0, 0.05) is 6.61 Å². The van der Waals surface area contributed by atoms with Crippen molar-refractivity contribution in [3.63, 3.8) is 0 Å². The number of hydrogen-bond acceptors (Lipinski definition) is 2. The molecule has 0 fully saturated rings. The van der Waals surface area contributed by atoms with E-state index in [9.17, 15) is 0 Å². The summed E-state index contributed by atoms with van der Waals surface area (Å²) < 4.78 is 5.92. The van der Waals surface area contributed by atoms with Crippen LogP contribution < -0.4 is 5.32 Å². The van der Waals surface area contributed by atoms with Crippen LogP contribution in [0, 0.1) is 13.8 Å². The molecule has 2 unspecified atom stereocenters. The van der Waals surface area contributed by atoms with Crippen molar-refractivity contribution in [1.29, 1.82) is 0 Å². The van der Waals surface area contributed by atoms with Gasteiger partial charge in [-0.2, -0.15) is 0 Å². The Kier molecular flexibility index (Phi) is 6.37. The average molecular weight is 249 g/mol. The lowest BCUT2D eigenvalue weighted by Gasteiger charge is -2.28. The molecule has 2 atom stereocenters. The molecule has 102 valence electrons. The average Bonchev–Trinajstić information content (AvgIpc) is 2.35. The Hall–Kier alpha value is -0.860. The van der Waals surface area contributed by atoms with Gasteiger partial charge in [0.05, 0.1) is 12.1 Å². The highest BCUT2D eigenvalue weighted by molar-refractivity contribution is 5.33. The number of rotatable bonds is 7. The molecule has 0 aliphatic carbocycles. The lowest BCUT2D eigenvalue weighted by Crippen LogP contribution is -2.32. The SMILES string of the molecule is CCCC(OCC)C(NC)c1cc(C)ccc1C. The molecule has 0 heterocycles. The van der Waals surface area contributed by atoms with Crippen molar-refractivity contribution >= 4 is 0 Å². The van der Waals surface area contributed by atoms with E-state index in [1.54, 1.807) is 0 Å². The molecule has 2 heteroatoms. The van der Waals surface area contributed by atoms with Crippen LogP contribution in [-0.2, 0) is 4.74 Å². The Morgan fingerprint density at radius 3 is 2.50 bits per heavy atom. The third kappa shape index (κ3) is 3.82. The summed E-state index contributed by atoms with van der Waals surface area (Å²) in [5.41, 5.74) is 4.01. The monoisotopic (exact) mass is 249 g/mol. The number of likely N-dealkylation sites (N-methyl/N-ethyl adjacent to an activating group) is 1. The molecule has 0 spiro atoms. The molecule has 1 rings (SSSR count). The molecule has 0 aliphatic heterocycles. The molecular formula is C16H27NO. The second kappa shape index (κ2) is 7.55. The van der Waals surface area contributed by atoms with E-state index in [1.807, 2.05) is 7.05 Å². The molecule has 1 aromatic rings. The standard InChI is InChI=1S/C16H27NO/c1-6-8-15(18-7-2)16(17-5)14-11-12(3)9-10-13(14)4/h9-11,15-17H,6-8H2,1-5H3. The molecule has 0 radical (unpaired) electrons. The third-order valence-electron chi connectivity index (χ3n) is 3.41. The van der Waals surface area contributed by atoms with Crippen molar-refractivity contribution in [2.24, 2.45) is 0 Å². The summed E-state index contributed by atoms with van der Waals surface area (Å²) in [4.78, 5) is 0. The van der Waals surface area contributed by atoms with Gasteiger partial charge in [-0.3, -0.25) is 0 Å². The fraction of sp³-hybridized carbons (Fsp3) is 0.625. The Labute approximate surface area is 112 Å². The van der Waals surface area contributed by atoms with Crippen LogP contribution in [0.25, 0.3) is 0 Å². The molecule has 0 saturated heterocycles. The van der Waals surface area contributed by atoms with Crippen LogP contribution in [0.1, 0.15) is 49.4 Å². The Balaban J connectivity index is 3.01. The summed E-state index contributed by atoms with van der Waals surface area (Å²) in [5.74, 6) is 0. The van der Waals surface area contributed by atoms with Gasteiger partial charge < -0.3 is 10.1 Å². The highest BCUT2D eigenvalue weighted by Gasteiger charge is 2.22. The molecule has 0 aromatic heterocycles. The summed E-state index contributed by atoms with van der Waals surface area (Å²) in [6.07, 6.45) is 2.49. The van der Waals surface area contributed by atoms with Crippen molar-refractivity contribution in [3.8, 4) is 0 Å². The van der Waals surface area contributed by atoms with Gasteiger partial charge in [-0.05, 0) is 45.4 Å². The van der Waals surface area contributed by atoms with Gasteiger partial charge in [-0.25, -0.2) is 0 Å². The quantitative estimate of drug-likeness (QED) is 0.794. The summed E-state index contributed by atoms with van der Waals surface area (Å²) in [7, 11) is 2.02. The van der Waals surface area contributed by atoms with Crippen molar-refractivity contribution in [2.45, 2.75) is 52.7 Å². The van der Waals surface area contributed by atoms with Gasteiger partial charge in [0.15, 0.2) is 0 Å². The number of benzene rings is 1. The zero-order valence-electron chi connectivity index (χ0n) is 12.4. The van der Waals surface area contributed by atoms with E-state index in [-0.39, 0.29) is 12.1 Å². The van der Waals surface area contributed by atoms with Crippen LogP contribution in [0.3, 0.4) is 0 Å². The van der Waals surface area contributed by atoms with Crippen molar-refractivity contribution < 1.29 is 4.74 Å². The maximum Gasteiger partial charge on any atom is 0.0769 e. The normalized spacial score (nSPS) is 14.5. The minimum Gasteiger partial charge on any atom is -0.377 e. The molecule has 1 N–H and O–H groups in total. The zero-order chi connectivity index (χ0) is 13.5. The number of nitrogens with one attached hydrogen (secondary N) is 1. The number of ether oxygens (including phenoxy) is 1. The molecular weight excluding hydrogens is 222 g/mol. The van der Waals surface area contributed by atoms with Crippen LogP contribution in [0.4, 0.5) is 0 Å². The minimum atomic E-state index is 0.255. The highest BCUT2D eigenvalue weighted by Crippen LogP contribution is 2.26. The number of hydrogen-bond donors (Lipinski definition) is 1. The highest BCUT2D eigenvalue weighted by atomic mass is 16.5. The lowest BCUT2D eigenvalue weighted by atomic mass is 9.93. The third-order valence-corrected chi connectivity index (χ3v) is 3.41. The minimum absolute atomic E-state index is 0.255. The first-order chi connectivity index (χ1) is 8.63. The van der Waals surface area contributed by atoms with Crippen LogP contribution in [-0.4, -0.2) is 19.8 Å². The smallest absolute Gasteiger partial charge is 0.0769 e. The second-order valence-corrected chi connectivity index (χ2v) is 4.91. The maximum atomic E-state index is 5.92. The fourth-order valence-corrected chi connectivity index (χ4v) is 2.48. The van der Waals surface area contributed by atoms with E-state index in [4.69, 9.17) is 4.74 Å². The first-order valence-electron chi connectivity index (χ1n) is 7.00. The molecule has 0 bridgehead atoms. The van der Waals surface area contributed by atoms with Crippen LogP contribution in [0.15, 0.2) is 18.2 Å². The van der Waals surface area contributed by atoms with Gasteiger partial charge in [-0.15, -0.1) is 0 Å². The van der Waals surface area contributed by atoms with Crippen molar-refractivity contribution in [1.82, 2.24) is 5.32 Å². The fourth-order valence-electron chi connectivity index (χ4n) is 2.48. The summed E-state index contributed by atoms with van der Waals surface area (Å²) in [5, 5.41) is 3.43. The predicted octanol–water partition coefficient (Wildman–Crippen LogP) is 3.77.